The summed E-state index contributed by atoms with van der Waals surface area (Å²) in [6.45, 7) is 1.75. The van der Waals surface area contributed by atoms with Crippen molar-refractivity contribution in [2.24, 2.45) is 0 Å². The zero-order valence-electron chi connectivity index (χ0n) is 9.60. The van der Waals surface area contributed by atoms with Crippen LogP contribution in [0.4, 0.5) is 5.69 Å². The second-order valence-electron chi connectivity index (χ2n) is 4.05. The Balaban J connectivity index is 1.92. The fraction of sp³-hybridized carbons (Fsp3) is 0.250. The first-order valence-corrected chi connectivity index (χ1v) is 6.37. The van der Waals surface area contributed by atoms with E-state index in [1.807, 2.05) is 23.0 Å². The number of anilines is 1. The molecule has 0 saturated heterocycles. The number of ether oxygens (including phenoxy) is 2. The monoisotopic (exact) mass is 309 g/mol. The highest BCUT2D eigenvalue weighted by atomic mass is 79.9. The van der Waals surface area contributed by atoms with Crippen molar-refractivity contribution in [2.45, 2.75) is 6.54 Å². The first kappa shape index (κ1) is 11.4. The summed E-state index contributed by atoms with van der Waals surface area (Å²) < 4.78 is 13.8. The van der Waals surface area contributed by atoms with Gasteiger partial charge in [-0.25, -0.2) is 0 Å². The van der Waals surface area contributed by atoms with E-state index in [2.05, 4.69) is 21.0 Å². The summed E-state index contributed by atoms with van der Waals surface area (Å²) in [5, 5.41) is 4.21. The lowest BCUT2D eigenvalue weighted by molar-refractivity contribution is 0.171. The van der Waals surface area contributed by atoms with E-state index >= 15 is 0 Å². The Hall–Kier alpha value is -1.69. The Morgan fingerprint density at radius 3 is 2.67 bits per heavy atom. The number of benzene rings is 1. The molecule has 2 N–H and O–H groups in total. The van der Waals surface area contributed by atoms with Gasteiger partial charge in [-0.15, -0.1) is 0 Å². The third-order valence-corrected chi connectivity index (χ3v) is 3.15. The third-order valence-electron chi connectivity index (χ3n) is 2.74. The van der Waals surface area contributed by atoms with Gasteiger partial charge in [0.15, 0.2) is 11.5 Å². The molecule has 0 amide bonds. The minimum atomic E-state index is 0.567. The molecule has 3 rings (SSSR count). The number of aromatic nitrogens is 2. The van der Waals surface area contributed by atoms with Crippen molar-refractivity contribution in [2.75, 3.05) is 18.9 Å². The third kappa shape index (κ3) is 2.15. The molecule has 0 unspecified atom stereocenters. The van der Waals surface area contributed by atoms with Crippen LogP contribution in [0.25, 0.3) is 0 Å². The van der Waals surface area contributed by atoms with Gasteiger partial charge < -0.3 is 15.2 Å². The molecule has 2 aromatic rings. The van der Waals surface area contributed by atoms with E-state index in [4.69, 9.17) is 15.2 Å². The van der Waals surface area contributed by atoms with E-state index in [1.165, 1.54) is 0 Å². The second-order valence-corrected chi connectivity index (χ2v) is 4.97. The van der Waals surface area contributed by atoms with E-state index in [0.717, 1.165) is 15.8 Å². The van der Waals surface area contributed by atoms with Gasteiger partial charge in [-0.3, -0.25) is 4.68 Å². The number of nitrogens with two attached hydrogens (primary N) is 1. The van der Waals surface area contributed by atoms with Gasteiger partial charge in [0.05, 0.1) is 17.2 Å². The summed E-state index contributed by atoms with van der Waals surface area (Å²) >= 11 is 3.36. The van der Waals surface area contributed by atoms with Gasteiger partial charge in [-0.1, -0.05) is 0 Å². The topological polar surface area (TPSA) is 62.3 Å². The van der Waals surface area contributed by atoms with Crippen molar-refractivity contribution < 1.29 is 9.47 Å². The fourth-order valence-corrected chi connectivity index (χ4v) is 2.21. The normalized spacial score (nSPS) is 13.6. The largest absolute Gasteiger partial charge is 0.486 e. The van der Waals surface area contributed by atoms with Crippen LogP contribution in [0.5, 0.6) is 11.5 Å². The summed E-state index contributed by atoms with van der Waals surface area (Å²) in [6, 6.07) is 3.72. The predicted octanol–water partition coefficient (Wildman–Crippen LogP) is 2.05. The molecule has 18 heavy (non-hydrogen) atoms. The lowest BCUT2D eigenvalue weighted by Crippen LogP contribution is -2.16. The molecule has 1 aliphatic heterocycles. The van der Waals surface area contributed by atoms with Crippen LogP contribution in [0, 0.1) is 0 Å². The standard InChI is InChI=1S/C12H12BrN3O2/c13-9-5-15-16(7-9)6-8-3-11-12(4-10(8)14)18-2-1-17-11/h3-5,7H,1-2,6,14H2. The van der Waals surface area contributed by atoms with Gasteiger partial charge in [-0.2, -0.15) is 5.10 Å². The van der Waals surface area contributed by atoms with Crippen LogP contribution in [0.1, 0.15) is 5.56 Å². The summed E-state index contributed by atoms with van der Waals surface area (Å²) in [5.74, 6) is 1.46. The molecule has 1 aromatic carbocycles. The Morgan fingerprint density at radius 1 is 1.28 bits per heavy atom. The van der Waals surface area contributed by atoms with Crippen LogP contribution in [-0.2, 0) is 6.54 Å². The average molecular weight is 310 g/mol. The van der Waals surface area contributed by atoms with E-state index in [1.54, 1.807) is 6.20 Å². The summed E-state index contributed by atoms with van der Waals surface area (Å²) in [7, 11) is 0. The molecular weight excluding hydrogens is 298 g/mol. The molecule has 0 saturated carbocycles. The van der Waals surface area contributed by atoms with Crippen LogP contribution in [0.3, 0.4) is 0 Å². The van der Waals surface area contributed by atoms with Crippen LogP contribution in [0.2, 0.25) is 0 Å². The quantitative estimate of drug-likeness (QED) is 0.862. The lowest BCUT2D eigenvalue weighted by atomic mass is 10.1. The molecule has 1 aliphatic rings. The maximum atomic E-state index is 6.01. The van der Waals surface area contributed by atoms with Crippen molar-refractivity contribution in [1.29, 1.82) is 0 Å². The molecule has 6 heteroatoms. The maximum absolute atomic E-state index is 6.01. The minimum Gasteiger partial charge on any atom is -0.486 e. The van der Waals surface area contributed by atoms with Gasteiger partial charge in [0.1, 0.15) is 13.2 Å². The average Bonchev–Trinajstić information content (AvgIpc) is 2.76. The number of hydrogen-bond donors (Lipinski definition) is 1. The van der Waals surface area contributed by atoms with Gasteiger partial charge in [0, 0.05) is 23.5 Å². The number of fused-ring (bicyclic) bond motifs is 1. The molecule has 0 spiro atoms. The summed E-state index contributed by atoms with van der Waals surface area (Å²) in [5.41, 5.74) is 7.66. The molecule has 0 aliphatic carbocycles. The first-order valence-electron chi connectivity index (χ1n) is 5.58. The molecule has 1 aromatic heterocycles. The van der Waals surface area contributed by atoms with Crippen LogP contribution < -0.4 is 15.2 Å². The molecule has 5 nitrogen and oxygen atoms in total. The van der Waals surface area contributed by atoms with E-state index in [9.17, 15) is 0 Å². The highest BCUT2D eigenvalue weighted by Gasteiger charge is 2.14. The van der Waals surface area contributed by atoms with Crippen LogP contribution in [-0.4, -0.2) is 23.0 Å². The Morgan fingerprint density at radius 2 is 2.00 bits per heavy atom. The number of rotatable bonds is 2. The molecule has 2 heterocycles. The van der Waals surface area contributed by atoms with Crippen LogP contribution >= 0.6 is 15.9 Å². The minimum absolute atomic E-state index is 0.567. The number of nitrogen functional groups attached to an aromatic ring is 1. The molecule has 0 atom stereocenters. The van der Waals surface area contributed by atoms with Gasteiger partial charge >= 0.3 is 0 Å². The Bertz CT molecular complexity index is 583. The number of halogens is 1. The summed E-state index contributed by atoms with van der Waals surface area (Å²) in [6.07, 6.45) is 3.64. The smallest absolute Gasteiger partial charge is 0.163 e. The zero-order valence-corrected chi connectivity index (χ0v) is 11.2. The van der Waals surface area contributed by atoms with Gasteiger partial charge in [0.25, 0.3) is 0 Å². The number of nitrogens with zero attached hydrogens (tertiary/aromatic N) is 2. The predicted molar refractivity (Wildman–Crippen MR) is 70.9 cm³/mol. The first-order chi connectivity index (χ1) is 8.72. The Labute approximate surface area is 113 Å². The van der Waals surface area contributed by atoms with Crippen molar-refractivity contribution in [3.8, 4) is 11.5 Å². The second kappa shape index (κ2) is 4.53. The van der Waals surface area contributed by atoms with Crippen molar-refractivity contribution in [3.63, 3.8) is 0 Å². The lowest BCUT2D eigenvalue weighted by Gasteiger charge is -2.20. The number of hydrogen-bond acceptors (Lipinski definition) is 4. The highest BCUT2D eigenvalue weighted by molar-refractivity contribution is 9.10. The SMILES string of the molecule is Nc1cc2c(cc1Cn1cc(Br)cn1)OCCO2. The Kier molecular flexibility index (Phi) is 2.87. The highest BCUT2D eigenvalue weighted by Crippen LogP contribution is 2.34. The zero-order chi connectivity index (χ0) is 12.5. The van der Waals surface area contributed by atoms with Gasteiger partial charge in [-0.05, 0) is 22.0 Å². The van der Waals surface area contributed by atoms with Gasteiger partial charge in [0.2, 0.25) is 0 Å². The fourth-order valence-electron chi connectivity index (χ4n) is 1.88. The molecule has 0 fully saturated rings. The molecule has 0 bridgehead atoms. The van der Waals surface area contributed by atoms with E-state index in [0.29, 0.717) is 31.2 Å². The van der Waals surface area contributed by atoms with Crippen molar-refractivity contribution in [3.05, 3.63) is 34.6 Å². The van der Waals surface area contributed by atoms with Crippen molar-refractivity contribution in [1.82, 2.24) is 9.78 Å². The van der Waals surface area contributed by atoms with Crippen LogP contribution in [0.15, 0.2) is 29.0 Å². The molecular formula is C12H12BrN3O2. The maximum Gasteiger partial charge on any atom is 0.163 e. The summed E-state index contributed by atoms with van der Waals surface area (Å²) in [4.78, 5) is 0. The van der Waals surface area contributed by atoms with E-state index < -0.39 is 0 Å². The molecule has 94 valence electrons. The van der Waals surface area contributed by atoms with Crippen molar-refractivity contribution >= 4 is 21.6 Å². The molecule has 0 radical (unpaired) electrons. The van der Waals surface area contributed by atoms with E-state index in [-0.39, 0.29) is 0 Å².